The smallest absolute Gasteiger partial charge is 0.279 e. The average Bonchev–Trinajstić information content (AvgIpc) is 3.30. The lowest BCUT2D eigenvalue weighted by atomic mass is 10.1. The van der Waals surface area contributed by atoms with E-state index in [0.717, 1.165) is 11.4 Å². The Bertz CT molecular complexity index is 789. The molecule has 1 aromatic heterocycles. The van der Waals surface area contributed by atoms with Gasteiger partial charge in [0.15, 0.2) is 0 Å². The molecule has 8 heteroatoms. The van der Waals surface area contributed by atoms with E-state index in [4.69, 9.17) is 4.74 Å². The Hall–Kier alpha value is -2.87. The molecular weight excluding hydrogens is 354 g/mol. The van der Waals surface area contributed by atoms with Crippen LogP contribution in [0.5, 0.6) is 5.75 Å². The van der Waals surface area contributed by atoms with E-state index in [2.05, 4.69) is 10.9 Å². The SMILES string of the molecule is CCOc1ccc(N2CC(C(=O)NNC(=O)c3cccs3)CC2=O)cc1. The largest absolute Gasteiger partial charge is 0.494 e. The molecule has 3 rings (SSSR count). The van der Waals surface area contributed by atoms with Crippen LogP contribution in [0.25, 0.3) is 0 Å². The van der Waals surface area contributed by atoms with E-state index in [0.29, 0.717) is 11.5 Å². The van der Waals surface area contributed by atoms with Crippen molar-refractivity contribution >= 4 is 34.7 Å². The number of rotatable bonds is 5. The van der Waals surface area contributed by atoms with Gasteiger partial charge < -0.3 is 9.64 Å². The quantitative estimate of drug-likeness (QED) is 0.785. The molecule has 1 aromatic carbocycles. The predicted octanol–water partition coefficient (Wildman–Crippen LogP) is 1.96. The Morgan fingerprint density at radius 2 is 2.00 bits per heavy atom. The summed E-state index contributed by atoms with van der Waals surface area (Å²) in [6, 6.07) is 10.6. The van der Waals surface area contributed by atoms with E-state index in [9.17, 15) is 14.4 Å². The van der Waals surface area contributed by atoms with Crippen molar-refractivity contribution in [1.82, 2.24) is 10.9 Å². The first-order valence-electron chi connectivity index (χ1n) is 8.25. The summed E-state index contributed by atoms with van der Waals surface area (Å²) in [6.07, 6.45) is 0.105. The molecule has 0 bridgehead atoms. The molecule has 2 N–H and O–H groups in total. The molecule has 0 aliphatic carbocycles. The van der Waals surface area contributed by atoms with Crippen molar-refractivity contribution in [2.24, 2.45) is 5.92 Å². The molecule has 1 aliphatic heterocycles. The van der Waals surface area contributed by atoms with Crippen LogP contribution in [-0.4, -0.2) is 30.9 Å². The third kappa shape index (κ3) is 4.02. The topological polar surface area (TPSA) is 87.7 Å². The minimum atomic E-state index is -0.516. The van der Waals surface area contributed by atoms with Crippen LogP contribution in [0.4, 0.5) is 5.69 Å². The molecule has 1 fully saturated rings. The number of thiophene rings is 1. The number of hydrogen-bond acceptors (Lipinski definition) is 5. The average molecular weight is 373 g/mol. The molecule has 1 atom stereocenters. The van der Waals surface area contributed by atoms with Gasteiger partial charge in [-0.3, -0.25) is 25.2 Å². The van der Waals surface area contributed by atoms with Crippen molar-refractivity contribution in [3.05, 3.63) is 46.7 Å². The molecule has 2 aromatic rings. The molecule has 26 heavy (non-hydrogen) atoms. The van der Waals surface area contributed by atoms with Crippen molar-refractivity contribution in [3.63, 3.8) is 0 Å². The lowest BCUT2D eigenvalue weighted by Crippen LogP contribution is -2.44. The predicted molar refractivity (Wildman–Crippen MR) is 98.0 cm³/mol. The van der Waals surface area contributed by atoms with Crippen molar-refractivity contribution in [2.75, 3.05) is 18.1 Å². The van der Waals surface area contributed by atoms with E-state index in [-0.39, 0.29) is 30.7 Å². The fourth-order valence-corrected chi connectivity index (χ4v) is 3.33. The van der Waals surface area contributed by atoms with Crippen molar-refractivity contribution < 1.29 is 19.1 Å². The number of ether oxygens (including phenoxy) is 1. The Balaban J connectivity index is 1.56. The van der Waals surface area contributed by atoms with Gasteiger partial charge in [-0.1, -0.05) is 6.07 Å². The second-order valence-electron chi connectivity index (χ2n) is 5.75. The summed E-state index contributed by atoms with van der Waals surface area (Å²) in [5, 5.41) is 1.78. The minimum absolute atomic E-state index is 0.105. The van der Waals surface area contributed by atoms with Gasteiger partial charge in [-0.2, -0.15) is 0 Å². The second kappa shape index (κ2) is 8.01. The molecule has 0 radical (unpaired) electrons. The van der Waals surface area contributed by atoms with Crippen LogP contribution in [0.15, 0.2) is 41.8 Å². The van der Waals surface area contributed by atoms with E-state index in [1.807, 2.05) is 6.92 Å². The summed E-state index contributed by atoms with van der Waals surface area (Å²) in [7, 11) is 0. The van der Waals surface area contributed by atoms with Gasteiger partial charge in [-0.05, 0) is 42.6 Å². The number of nitrogens with zero attached hydrogens (tertiary/aromatic N) is 1. The van der Waals surface area contributed by atoms with Crippen LogP contribution >= 0.6 is 11.3 Å². The summed E-state index contributed by atoms with van der Waals surface area (Å²) in [5.41, 5.74) is 5.50. The highest BCUT2D eigenvalue weighted by atomic mass is 32.1. The Morgan fingerprint density at radius 3 is 2.65 bits per heavy atom. The number of hydrazine groups is 1. The van der Waals surface area contributed by atoms with Gasteiger partial charge in [0.1, 0.15) is 5.75 Å². The first-order valence-corrected chi connectivity index (χ1v) is 9.13. The van der Waals surface area contributed by atoms with Gasteiger partial charge in [0.05, 0.1) is 17.4 Å². The molecule has 136 valence electrons. The Morgan fingerprint density at radius 1 is 1.23 bits per heavy atom. The van der Waals surface area contributed by atoms with Gasteiger partial charge >= 0.3 is 0 Å². The highest BCUT2D eigenvalue weighted by Crippen LogP contribution is 2.27. The van der Waals surface area contributed by atoms with Gasteiger partial charge in [-0.25, -0.2) is 0 Å². The van der Waals surface area contributed by atoms with Crippen LogP contribution in [0.3, 0.4) is 0 Å². The Labute approximate surface area is 154 Å². The molecule has 7 nitrogen and oxygen atoms in total. The number of anilines is 1. The zero-order chi connectivity index (χ0) is 18.5. The van der Waals surface area contributed by atoms with Gasteiger partial charge in [0, 0.05) is 18.7 Å². The number of carbonyl (C=O) groups excluding carboxylic acids is 3. The molecule has 3 amide bonds. The van der Waals surface area contributed by atoms with Crippen LogP contribution in [0.2, 0.25) is 0 Å². The van der Waals surface area contributed by atoms with Gasteiger partial charge in [-0.15, -0.1) is 11.3 Å². The van der Waals surface area contributed by atoms with Crippen LogP contribution < -0.4 is 20.5 Å². The highest BCUT2D eigenvalue weighted by molar-refractivity contribution is 7.12. The van der Waals surface area contributed by atoms with Crippen molar-refractivity contribution in [1.29, 1.82) is 0 Å². The summed E-state index contributed by atoms with van der Waals surface area (Å²) in [5.74, 6) is -0.664. The summed E-state index contributed by atoms with van der Waals surface area (Å²) in [6.45, 7) is 2.74. The van der Waals surface area contributed by atoms with Crippen LogP contribution in [0, 0.1) is 5.92 Å². The van der Waals surface area contributed by atoms with E-state index < -0.39 is 5.92 Å². The number of amides is 3. The number of carbonyl (C=O) groups is 3. The van der Waals surface area contributed by atoms with Crippen molar-refractivity contribution in [3.8, 4) is 5.75 Å². The monoisotopic (exact) mass is 373 g/mol. The fraction of sp³-hybridized carbons (Fsp3) is 0.278. The first-order chi connectivity index (χ1) is 12.6. The molecule has 1 aliphatic rings. The zero-order valence-corrected chi connectivity index (χ0v) is 15.0. The summed E-state index contributed by atoms with van der Waals surface area (Å²) < 4.78 is 5.39. The Kier molecular flexibility index (Phi) is 5.52. The van der Waals surface area contributed by atoms with Crippen LogP contribution in [-0.2, 0) is 9.59 Å². The maximum absolute atomic E-state index is 12.3. The normalized spacial score (nSPS) is 16.4. The first kappa shape index (κ1) is 17.9. The standard InChI is InChI=1S/C18H19N3O4S/c1-2-25-14-7-5-13(6-8-14)21-11-12(10-16(21)22)17(23)19-20-18(24)15-4-3-9-26-15/h3-9,12H,2,10-11H2,1H3,(H,19,23)(H,20,24). The molecule has 0 saturated carbocycles. The summed E-state index contributed by atoms with van der Waals surface area (Å²) >= 11 is 1.28. The number of hydrogen-bond donors (Lipinski definition) is 2. The van der Waals surface area contributed by atoms with E-state index in [1.54, 1.807) is 46.7 Å². The number of nitrogens with one attached hydrogen (secondary N) is 2. The molecule has 0 spiro atoms. The lowest BCUT2D eigenvalue weighted by Gasteiger charge is -2.17. The van der Waals surface area contributed by atoms with Gasteiger partial charge in [0.25, 0.3) is 5.91 Å². The highest BCUT2D eigenvalue weighted by Gasteiger charge is 2.35. The fourth-order valence-electron chi connectivity index (χ4n) is 2.71. The summed E-state index contributed by atoms with van der Waals surface area (Å²) in [4.78, 5) is 38.4. The zero-order valence-electron chi connectivity index (χ0n) is 14.2. The molecule has 1 unspecified atom stereocenters. The molecular formula is C18H19N3O4S. The second-order valence-corrected chi connectivity index (χ2v) is 6.70. The molecule has 2 heterocycles. The van der Waals surface area contributed by atoms with Crippen molar-refractivity contribution in [2.45, 2.75) is 13.3 Å². The minimum Gasteiger partial charge on any atom is -0.494 e. The maximum Gasteiger partial charge on any atom is 0.279 e. The lowest BCUT2D eigenvalue weighted by molar-refractivity contribution is -0.126. The third-order valence-corrected chi connectivity index (χ3v) is 4.87. The molecule has 1 saturated heterocycles. The van der Waals surface area contributed by atoms with E-state index in [1.165, 1.54) is 11.3 Å². The van der Waals surface area contributed by atoms with E-state index >= 15 is 0 Å². The third-order valence-electron chi connectivity index (χ3n) is 4.00. The van der Waals surface area contributed by atoms with Crippen LogP contribution in [0.1, 0.15) is 23.0 Å². The van der Waals surface area contributed by atoms with Gasteiger partial charge in [0.2, 0.25) is 11.8 Å². The number of benzene rings is 1. The maximum atomic E-state index is 12.3.